The van der Waals surface area contributed by atoms with Gasteiger partial charge in [-0.2, -0.15) is 0 Å². The predicted molar refractivity (Wildman–Crippen MR) is 142 cm³/mol. The Hall–Kier alpha value is -3.56. The molecule has 1 aliphatic heterocycles. The molecule has 0 N–H and O–H groups in total. The molecular weight excluding hydrogens is 414 g/mol. The number of fused-ring (bicyclic) bond motifs is 8. The molecule has 3 nitrogen and oxygen atoms in total. The normalized spacial score (nSPS) is 22.0. The fourth-order valence-electron chi connectivity index (χ4n) is 6.56. The Bertz CT molecular complexity index is 1550. The Kier molecular flexibility index (Phi) is 4.22. The van der Waals surface area contributed by atoms with Crippen molar-refractivity contribution in [2.24, 2.45) is 0 Å². The molecule has 34 heavy (non-hydrogen) atoms. The Morgan fingerprint density at radius 1 is 0.706 bits per heavy atom. The fourth-order valence-corrected chi connectivity index (χ4v) is 6.56. The van der Waals surface area contributed by atoms with Crippen molar-refractivity contribution in [1.29, 1.82) is 0 Å². The molecule has 0 amide bonds. The minimum Gasteiger partial charge on any atom is -0.349 e. The Labute approximate surface area is 200 Å². The van der Waals surface area contributed by atoms with Crippen LogP contribution in [0, 0.1) is 6.92 Å². The smallest absolute Gasteiger partial charge is 0.0801 e. The molecule has 1 aromatic heterocycles. The maximum Gasteiger partial charge on any atom is 0.0801 e. The summed E-state index contributed by atoms with van der Waals surface area (Å²) in [6.45, 7) is 4.64. The van der Waals surface area contributed by atoms with Gasteiger partial charge in [0.15, 0.2) is 0 Å². The van der Waals surface area contributed by atoms with Gasteiger partial charge in [0, 0.05) is 28.2 Å². The van der Waals surface area contributed by atoms with Crippen LogP contribution in [0.4, 0.5) is 5.69 Å². The third-order valence-electron chi connectivity index (χ3n) is 8.26. The Morgan fingerprint density at radius 3 is 2.18 bits per heavy atom. The minimum atomic E-state index is 0.328. The zero-order chi connectivity index (χ0) is 23.0. The van der Waals surface area contributed by atoms with Gasteiger partial charge in [0.2, 0.25) is 0 Å². The second-order valence-corrected chi connectivity index (χ2v) is 9.94. The van der Waals surface area contributed by atoms with Crippen molar-refractivity contribution in [1.82, 2.24) is 9.47 Å². The number of para-hydroxylation sites is 2. The lowest BCUT2D eigenvalue weighted by atomic mass is 10.0. The number of hydrogen-bond acceptors (Lipinski definition) is 2. The van der Waals surface area contributed by atoms with Crippen molar-refractivity contribution in [2.45, 2.75) is 38.5 Å². The first-order valence-corrected chi connectivity index (χ1v) is 12.3. The summed E-state index contributed by atoms with van der Waals surface area (Å²) in [6.07, 6.45) is 1.48. The summed E-state index contributed by atoms with van der Waals surface area (Å²) in [6, 6.07) is 34.4. The van der Waals surface area contributed by atoms with E-state index in [9.17, 15) is 0 Å². The molecular formula is C31H29N3. The Balaban J connectivity index is 1.48. The van der Waals surface area contributed by atoms with Crippen LogP contribution in [0.5, 0.6) is 0 Å². The first-order valence-electron chi connectivity index (χ1n) is 12.3. The molecule has 1 fully saturated rings. The van der Waals surface area contributed by atoms with E-state index in [0.717, 1.165) is 6.42 Å². The third kappa shape index (κ3) is 2.62. The fraction of sp³-hybridized carbons (Fsp3) is 0.226. The molecule has 0 saturated carbocycles. The van der Waals surface area contributed by atoms with Crippen LogP contribution in [0.25, 0.3) is 27.5 Å². The standard InChI is InChI=1S/C31H29N3/c1-20-17-30-26(25-15-9-10-16-27(25)34(30)22-11-5-4-6-12-22)18-28(20)33-21(2)32(3)29-19-31(33)24-14-8-7-13-23(24)29/h4-18,21,29,31H,19H2,1-3H3/t21-,29?,31?/m0/s1. The van der Waals surface area contributed by atoms with Crippen LogP contribution in [0.3, 0.4) is 0 Å². The van der Waals surface area contributed by atoms with E-state index < -0.39 is 0 Å². The van der Waals surface area contributed by atoms with E-state index in [1.54, 1.807) is 0 Å². The van der Waals surface area contributed by atoms with Crippen molar-refractivity contribution in [2.75, 3.05) is 11.9 Å². The first kappa shape index (κ1) is 19.9. The maximum atomic E-state index is 2.67. The third-order valence-corrected chi connectivity index (χ3v) is 8.26. The second kappa shape index (κ2) is 7.22. The largest absolute Gasteiger partial charge is 0.349 e. The highest BCUT2D eigenvalue weighted by Gasteiger charge is 2.45. The molecule has 0 radical (unpaired) electrons. The maximum absolute atomic E-state index is 2.67. The number of rotatable bonds is 2. The van der Waals surface area contributed by atoms with E-state index in [1.165, 1.54) is 49.9 Å². The summed E-state index contributed by atoms with van der Waals surface area (Å²) < 4.78 is 2.41. The number of anilines is 1. The molecule has 2 heterocycles. The summed E-state index contributed by atoms with van der Waals surface area (Å²) in [7, 11) is 2.29. The first-order chi connectivity index (χ1) is 16.6. The van der Waals surface area contributed by atoms with Gasteiger partial charge in [-0.05, 0) is 74.3 Å². The average Bonchev–Trinajstić information content (AvgIpc) is 3.38. The molecule has 2 bridgehead atoms. The van der Waals surface area contributed by atoms with Crippen LogP contribution in [0.15, 0.2) is 91.0 Å². The molecule has 7 rings (SSSR count). The number of benzene rings is 4. The van der Waals surface area contributed by atoms with Crippen molar-refractivity contribution < 1.29 is 0 Å². The van der Waals surface area contributed by atoms with Gasteiger partial charge < -0.3 is 9.47 Å². The zero-order valence-electron chi connectivity index (χ0n) is 19.9. The SMILES string of the molecule is Cc1cc2c(cc1N1C3CC(c4ccccc43)N(C)[C@@H]1C)c1ccccc1n2-c1ccccc1. The molecule has 1 saturated heterocycles. The van der Waals surface area contributed by atoms with Crippen molar-refractivity contribution in [3.8, 4) is 5.69 Å². The van der Waals surface area contributed by atoms with Gasteiger partial charge in [0.25, 0.3) is 0 Å². The quantitative estimate of drug-likeness (QED) is 0.282. The van der Waals surface area contributed by atoms with E-state index in [0.29, 0.717) is 18.2 Å². The van der Waals surface area contributed by atoms with E-state index in [-0.39, 0.29) is 0 Å². The van der Waals surface area contributed by atoms with Crippen LogP contribution < -0.4 is 4.90 Å². The molecule has 4 aromatic carbocycles. The van der Waals surface area contributed by atoms with Gasteiger partial charge in [0.05, 0.1) is 23.2 Å². The summed E-state index contributed by atoms with van der Waals surface area (Å²) in [4.78, 5) is 5.23. The number of aromatic nitrogens is 1. The summed E-state index contributed by atoms with van der Waals surface area (Å²) >= 11 is 0. The summed E-state index contributed by atoms with van der Waals surface area (Å²) in [5, 5.41) is 2.63. The number of nitrogens with zero attached hydrogens (tertiary/aromatic N) is 3. The monoisotopic (exact) mass is 443 g/mol. The topological polar surface area (TPSA) is 11.4 Å². The minimum absolute atomic E-state index is 0.328. The van der Waals surface area contributed by atoms with Gasteiger partial charge in [-0.25, -0.2) is 0 Å². The lowest BCUT2D eigenvalue weighted by Gasteiger charge is -2.47. The van der Waals surface area contributed by atoms with Crippen molar-refractivity contribution >= 4 is 27.5 Å². The van der Waals surface area contributed by atoms with E-state index in [1.807, 2.05) is 0 Å². The summed E-state index contributed by atoms with van der Waals surface area (Å²) in [5.41, 5.74) is 9.42. The van der Waals surface area contributed by atoms with Crippen LogP contribution in [-0.4, -0.2) is 22.7 Å². The van der Waals surface area contributed by atoms with Crippen LogP contribution >= 0.6 is 0 Å². The van der Waals surface area contributed by atoms with Gasteiger partial charge >= 0.3 is 0 Å². The Morgan fingerprint density at radius 2 is 1.38 bits per heavy atom. The lowest BCUT2D eigenvalue weighted by Crippen LogP contribution is -2.50. The highest BCUT2D eigenvalue weighted by Crippen LogP contribution is 2.52. The molecule has 0 spiro atoms. The lowest BCUT2D eigenvalue weighted by molar-refractivity contribution is 0.131. The van der Waals surface area contributed by atoms with Crippen LogP contribution in [0.1, 0.15) is 42.1 Å². The van der Waals surface area contributed by atoms with Gasteiger partial charge in [-0.1, -0.05) is 60.7 Å². The number of aryl methyl sites for hydroxylation is 1. The highest BCUT2D eigenvalue weighted by atomic mass is 15.4. The molecule has 5 aromatic rings. The predicted octanol–water partition coefficient (Wildman–Crippen LogP) is 7.38. The number of hydrogen-bond donors (Lipinski definition) is 0. The van der Waals surface area contributed by atoms with Gasteiger partial charge in [-0.15, -0.1) is 0 Å². The molecule has 1 aliphatic carbocycles. The average molecular weight is 444 g/mol. The van der Waals surface area contributed by atoms with Crippen LogP contribution in [0.2, 0.25) is 0 Å². The molecule has 2 unspecified atom stereocenters. The highest BCUT2D eigenvalue weighted by molar-refractivity contribution is 6.10. The van der Waals surface area contributed by atoms with Crippen LogP contribution in [-0.2, 0) is 0 Å². The molecule has 3 atom stereocenters. The molecule has 3 heteroatoms. The van der Waals surface area contributed by atoms with E-state index in [2.05, 4.69) is 126 Å². The second-order valence-electron chi connectivity index (χ2n) is 9.94. The van der Waals surface area contributed by atoms with Crippen molar-refractivity contribution in [3.05, 3.63) is 108 Å². The molecule has 168 valence electrons. The van der Waals surface area contributed by atoms with E-state index in [4.69, 9.17) is 0 Å². The molecule has 2 aliphatic rings. The van der Waals surface area contributed by atoms with E-state index >= 15 is 0 Å². The zero-order valence-corrected chi connectivity index (χ0v) is 19.9. The van der Waals surface area contributed by atoms with Crippen molar-refractivity contribution in [3.63, 3.8) is 0 Å². The van der Waals surface area contributed by atoms with Gasteiger partial charge in [0.1, 0.15) is 0 Å². The summed E-state index contributed by atoms with van der Waals surface area (Å²) in [5.74, 6) is 0. The van der Waals surface area contributed by atoms with Gasteiger partial charge in [-0.3, -0.25) is 4.90 Å².